The molecule has 0 saturated heterocycles. The van der Waals surface area contributed by atoms with Gasteiger partial charge in [0.2, 0.25) is 0 Å². The summed E-state index contributed by atoms with van der Waals surface area (Å²) in [4.78, 5) is 0. The van der Waals surface area contributed by atoms with E-state index < -0.39 is 0 Å². The van der Waals surface area contributed by atoms with Crippen LogP contribution in [0.2, 0.25) is 0 Å². The molecule has 5 heteroatoms. The fourth-order valence-corrected chi connectivity index (χ4v) is 4.38. The molecule has 10 radical (unpaired) electrons. The molecule has 1 aromatic heterocycles. The minimum absolute atomic E-state index is 0. The molecule has 2 aliphatic carbocycles. The monoisotopic (exact) mass is 468 g/mol. The average molecular weight is 468 g/mol. The van der Waals surface area contributed by atoms with E-state index in [0.717, 1.165) is 23.3 Å². The summed E-state index contributed by atoms with van der Waals surface area (Å²) in [6, 6.07) is 21.5. The van der Waals surface area contributed by atoms with Crippen LogP contribution >= 0.6 is 0 Å². The van der Waals surface area contributed by atoms with Crippen molar-refractivity contribution in [3.8, 4) is 11.3 Å². The molecule has 2 N–H and O–H groups in total. The van der Waals surface area contributed by atoms with Crippen LogP contribution in [0, 0.1) is 63.5 Å². The molecule has 0 amide bonds. The predicted molar refractivity (Wildman–Crippen MR) is 130 cm³/mol. The van der Waals surface area contributed by atoms with Crippen molar-refractivity contribution in [3.63, 3.8) is 0 Å². The van der Waals surface area contributed by atoms with E-state index >= 15 is 0 Å². The molecule has 2 fully saturated rings. The number of aromatic nitrogens is 3. The first-order valence-corrected chi connectivity index (χ1v) is 10.6. The quantitative estimate of drug-likeness (QED) is 0.281. The summed E-state index contributed by atoms with van der Waals surface area (Å²) in [6.45, 7) is 0. The fraction of sp³-hybridized carbons (Fsp3) is 0. The summed E-state index contributed by atoms with van der Waals surface area (Å²) >= 11 is 0. The minimum Gasteiger partial charge on any atom is -0.323 e. The summed E-state index contributed by atoms with van der Waals surface area (Å²) in [5.74, 6) is 0. The molecule has 0 spiro atoms. The Morgan fingerprint density at radius 3 is 1.94 bits per heavy atom. The van der Waals surface area contributed by atoms with Gasteiger partial charge >= 0.3 is 17.1 Å². The van der Waals surface area contributed by atoms with Crippen LogP contribution in [0.1, 0.15) is 0 Å². The molecule has 2 aliphatic rings. The first-order valence-electron chi connectivity index (χ1n) is 10.6. The molecule has 4 aromatic carbocycles. The van der Waals surface area contributed by atoms with E-state index in [1.54, 1.807) is 0 Å². The van der Waals surface area contributed by atoms with Gasteiger partial charge in [-0.05, 0) is 83.7 Å². The molecule has 0 bridgehead atoms. The van der Waals surface area contributed by atoms with E-state index in [1.807, 2.05) is 62.2 Å². The third-order valence-electron chi connectivity index (χ3n) is 5.90. The Labute approximate surface area is 205 Å². The van der Waals surface area contributed by atoms with E-state index in [4.69, 9.17) is 5.73 Å². The molecule has 4 nitrogen and oxygen atoms in total. The van der Waals surface area contributed by atoms with Crippen LogP contribution < -0.4 is 5.73 Å². The standard InChI is InChI=1S/C23H14N3.C5H6N.Fe/c1-2-7-18(6-1)26-14-21(24-25-26)19-12-10-17-9-8-15-4-3-5-16-11-13-20(19)23(17)22(15)16;6-5-3-1-2-4-5;/h1-14H;1-4H,6H2;/q;;+2. The van der Waals surface area contributed by atoms with Crippen molar-refractivity contribution < 1.29 is 17.1 Å². The van der Waals surface area contributed by atoms with Gasteiger partial charge in [-0.25, -0.2) is 4.68 Å². The van der Waals surface area contributed by atoms with E-state index in [2.05, 4.69) is 64.9 Å². The normalized spacial score (nSPS) is 17.0. The second-order valence-corrected chi connectivity index (χ2v) is 7.88. The summed E-state index contributed by atoms with van der Waals surface area (Å²) in [6.07, 6.45) is 17.6. The van der Waals surface area contributed by atoms with Gasteiger partial charge in [-0.2, -0.15) is 0 Å². The van der Waals surface area contributed by atoms with Gasteiger partial charge in [0.15, 0.2) is 0 Å². The van der Waals surface area contributed by atoms with Crippen molar-refractivity contribution in [1.82, 2.24) is 15.0 Å². The first-order chi connectivity index (χ1) is 15.8. The number of nitrogens with two attached hydrogens (primary N) is 1. The van der Waals surface area contributed by atoms with E-state index in [0.29, 0.717) is 0 Å². The molecular formula is C28H20FeN4+2. The zero-order chi connectivity index (χ0) is 21.5. The van der Waals surface area contributed by atoms with Crippen molar-refractivity contribution in [3.05, 3.63) is 124 Å². The van der Waals surface area contributed by atoms with Gasteiger partial charge in [-0.3, -0.25) is 0 Å². The summed E-state index contributed by atoms with van der Waals surface area (Å²) in [5, 5.41) is 16.4. The Morgan fingerprint density at radius 1 is 0.667 bits per heavy atom. The Balaban J connectivity index is 0.000000287. The number of benzene rings is 4. The maximum absolute atomic E-state index is 5.28. The molecule has 33 heavy (non-hydrogen) atoms. The second kappa shape index (κ2) is 9.42. The first kappa shape index (κ1) is 22.3. The van der Waals surface area contributed by atoms with Gasteiger partial charge < -0.3 is 5.73 Å². The van der Waals surface area contributed by atoms with Crippen molar-refractivity contribution in [2.24, 2.45) is 5.73 Å². The van der Waals surface area contributed by atoms with Crippen LogP contribution in [0.25, 0.3) is 43.6 Å². The van der Waals surface area contributed by atoms with Gasteiger partial charge in [0.25, 0.3) is 0 Å². The van der Waals surface area contributed by atoms with E-state index in [1.165, 1.54) is 32.3 Å². The molecule has 0 unspecified atom stereocenters. The smallest absolute Gasteiger partial charge is 0.323 e. The predicted octanol–water partition coefficient (Wildman–Crippen LogP) is 5.36. The summed E-state index contributed by atoms with van der Waals surface area (Å²) in [5.41, 5.74) is 7.29. The van der Waals surface area contributed by atoms with Gasteiger partial charge in [-0.1, -0.05) is 59.8 Å². The minimum atomic E-state index is 0. The largest absolute Gasteiger partial charge is 2.00 e. The van der Waals surface area contributed by atoms with E-state index in [-0.39, 0.29) is 17.1 Å². The molecule has 158 valence electrons. The van der Waals surface area contributed by atoms with Crippen molar-refractivity contribution >= 4 is 32.3 Å². The van der Waals surface area contributed by atoms with Crippen LogP contribution in [0.5, 0.6) is 0 Å². The second-order valence-electron chi connectivity index (χ2n) is 7.88. The summed E-state index contributed by atoms with van der Waals surface area (Å²) in [7, 11) is 0. The SMILES string of the molecule is N[C]1[CH][CH][CH][CH]1.[CH]1[CH][CH][C](n2cc(-c3ccc4ccc5cccc6ccc3c4c56)nn2)[CH]1.[Fe+2]. The topological polar surface area (TPSA) is 56.7 Å². The number of nitrogens with zero attached hydrogens (tertiary/aromatic N) is 3. The number of hydrogen-bond acceptors (Lipinski definition) is 3. The molecule has 7 rings (SSSR count). The third-order valence-corrected chi connectivity index (χ3v) is 5.90. The summed E-state index contributed by atoms with van der Waals surface area (Å²) < 4.78 is 1.83. The Hall–Kier alpha value is -2.46. The molecule has 2 saturated carbocycles. The molecule has 5 aromatic rings. The molecular weight excluding hydrogens is 448 g/mol. The average Bonchev–Trinajstić information content (AvgIpc) is 3.60. The van der Waals surface area contributed by atoms with Crippen LogP contribution in [0.4, 0.5) is 0 Å². The molecule has 0 aliphatic heterocycles. The van der Waals surface area contributed by atoms with Gasteiger partial charge in [-0.15, -0.1) is 5.10 Å². The third kappa shape index (κ3) is 4.14. The van der Waals surface area contributed by atoms with Gasteiger partial charge in [0, 0.05) is 11.6 Å². The molecule has 1 heterocycles. The fourth-order valence-electron chi connectivity index (χ4n) is 4.38. The Bertz CT molecular complexity index is 1350. The Kier molecular flexibility index (Phi) is 6.38. The number of hydrogen-bond donors (Lipinski definition) is 1. The van der Waals surface area contributed by atoms with Crippen molar-refractivity contribution in [2.45, 2.75) is 0 Å². The van der Waals surface area contributed by atoms with Crippen LogP contribution in [-0.2, 0) is 17.1 Å². The zero-order valence-electron chi connectivity index (χ0n) is 17.7. The van der Waals surface area contributed by atoms with Gasteiger partial charge in [0.05, 0.1) is 12.2 Å². The maximum Gasteiger partial charge on any atom is 2.00 e. The van der Waals surface area contributed by atoms with Crippen molar-refractivity contribution in [2.75, 3.05) is 0 Å². The van der Waals surface area contributed by atoms with Gasteiger partial charge in [0.1, 0.15) is 5.69 Å². The number of rotatable bonds is 2. The van der Waals surface area contributed by atoms with Crippen LogP contribution in [-0.4, -0.2) is 15.0 Å². The van der Waals surface area contributed by atoms with Crippen molar-refractivity contribution in [1.29, 1.82) is 0 Å². The van der Waals surface area contributed by atoms with E-state index in [9.17, 15) is 0 Å². The maximum atomic E-state index is 5.28. The zero-order valence-corrected chi connectivity index (χ0v) is 18.8. The Morgan fingerprint density at radius 2 is 1.27 bits per heavy atom. The van der Waals surface area contributed by atoms with Crippen LogP contribution in [0.3, 0.4) is 0 Å². The molecule has 0 atom stereocenters. The van der Waals surface area contributed by atoms with Crippen LogP contribution in [0.15, 0.2) is 60.8 Å².